The first-order valence-corrected chi connectivity index (χ1v) is 20.5. The van der Waals surface area contributed by atoms with E-state index < -0.39 is 13.5 Å². The summed E-state index contributed by atoms with van der Waals surface area (Å²) in [6.07, 6.45) is 0. The van der Waals surface area contributed by atoms with Crippen LogP contribution in [0.2, 0.25) is 0 Å². The monoisotopic (exact) mass is 695 g/mol. The molecule has 0 aromatic heterocycles. The molecule has 0 bridgehead atoms. The molecule has 8 aromatic carbocycles. The van der Waals surface area contributed by atoms with Crippen molar-refractivity contribution in [3.05, 3.63) is 246 Å². The van der Waals surface area contributed by atoms with Gasteiger partial charge in [0.05, 0.1) is 16.8 Å². The SMILES string of the molecule is Cc1ccc2c(c1)C(c1ccccc1)(c1ccccc1)c1cc(C)ccc1N2c1ccc([Si](c2ccccc2)(c2ccccc2)c2ccccc2)cc1. The molecule has 2 heteroatoms. The van der Waals surface area contributed by atoms with Crippen molar-refractivity contribution in [2.75, 3.05) is 4.90 Å². The zero-order valence-corrected chi connectivity index (χ0v) is 31.2. The summed E-state index contributed by atoms with van der Waals surface area (Å²) in [5, 5.41) is 5.49. The van der Waals surface area contributed by atoms with Crippen LogP contribution in [0, 0.1) is 13.8 Å². The van der Waals surface area contributed by atoms with Crippen LogP contribution in [-0.4, -0.2) is 8.07 Å². The summed E-state index contributed by atoms with van der Waals surface area (Å²) in [6.45, 7) is 4.43. The summed E-state index contributed by atoms with van der Waals surface area (Å²) in [5.74, 6) is 0. The third-order valence-electron chi connectivity index (χ3n) is 11.2. The molecule has 0 unspecified atom stereocenters. The van der Waals surface area contributed by atoms with E-state index in [1.807, 2.05) is 0 Å². The highest BCUT2D eigenvalue weighted by molar-refractivity contribution is 7.19. The number of fused-ring (bicyclic) bond motifs is 2. The van der Waals surface area contributed by atoms with Gasteiger partial charge in [-0.25, -0.2) is 0 Å². The highest BCUT2D eigenvalue weighted by atomic mass is 28.3. The highest BCUT2D eigenvalue weighted by Crippen LogP contribution is 2.57. The highest BCUT2D eigenvalue weighted by Gasteiger charge is 2.47. The lowest BCUT2D eigenvalue weighted by atomic mass is 9.62. The van der Waals surface area contributed by atoms with Gasteiger partial charge in [-0.3, -0.25) is 0 Å². The number of hydrogen-bond donors (Lipinski definition) is 0. The van der Waals surface area contributed by atoms with Crippen molar-refractivity contribution in [2.45, 2.75) is 19.3 Å². The molecule has 8 aromatic rings. The molecular formula is C51H41NSi. The van der Waals surface area contributed by atoms with Crippen LogP contribution >= 0.6 is 0 Å². The number of rotatable bonds is 7. The van der Waals surface area contributed by atoms with E-state index in [1.54, 1.807) is 0 Å². The molecule has 0 amide bonds. The van der Waals surface area contributed by atoms with Crippen molar-refractivity contribution in [3.63, 3.8) is 0 Å². The first kappa shape index (κ1) is 32.7. The predicted octanol–water partition coefficient (Wildman–Crippen LogP) is 9.85. The Morgan fingerprint density at radius 2 is 0.698 bits per heavy atom. The van der Waals surface area contributed by atoms with Gasteiger partial charge in [0.1, 0.15) is 0 Å². The van der Waals surface area contributed by atoms with Crippen LogP contribution in [0.3, 0.4) is 0 Å². The average molecular weight is 696 g/mol. The van der Waals surface area contributed by atoms with Gasteiger partial charge in [-0.1, -0.05) is 199 Å². The summed E-state index contributed by atoms with van der Waals surface area (Å²) in [6, 6.07) is 79.2. The second kappa shape index (κ2) is 13.4. The van der Waals surface area contributed by atoms with E-state index in [4.69, 9.17) is 0 Å². The van der Waals surface area contributed by atoms with Crippen molar-refractivity contribution in [1.29, 1.82) is 0 Å². The van der Waals surface area contributed by atoms with Gasteiger partial charge < -0.3 is 4.90 Å². The number of nitrogens with zero attached hydrogens (tertiary/aromatic N) is 1. The van der Waals surface area contributed by atoms with E-state index in [-0.39, 0.29) is 0 Å². The van der Waals surface area contributed by atoms with Gasteiger partial charge >= 0.3 is 0 Å². The molecule has 1 nitrogen and oxygen atoms in total. The molecule has 1 heterocycles. The maximum absolute atomic E-state index is 2.66. The minimum atomic E-state index is -2.66. The fourth-order valence-corrected chi connectivity index (χ4v) is 13.7. The number of anilines is 3. The summed E-state index contributed by atoms with van der Waals surface area (Å²) >= 11 is 0. The average Bonchev–Trinajstić information content (AvgIpc) is 3.22. The van der Waals surface area contributed by atoms with E-state index >= 15 is 0 Å². The standard InChI is InChI=1S/C51H41NSi/c1-38-28-34-49-47(36-38)51(40-18-8-3-9-19-40,41-20-10-4-11-21-41)48-37-39(2)29-35-50(48)52(49)42-30-32-46(33-31-42)53(43-22-12-5-13-23-43,44-24-14-6-15-25-44)45-26-16-7-17-27-45/h3-37H,1-2H3. The fourth-order valence-electron chi connectivity index (χ4n) is 8.93. The molecule has 0 radical (unpaired) electrons. The molecule has 0 saturated heterocycles. The normalized spacial score (nSPS) is 13.2. The maximum atomic E-state index is 2.49. The lowest BCUT2D eigenvalue weighted by Gasteiger charge is -2.47. The molecule has 0 aliphatic carbocycles. The molecule has 1 aliphatic heterocycles. The van der Waals surface area contributed by atoms with Crippen molar-refractivity contribution >= 4 is 45.9 Å². The Kier molecular flexibility index (Phi) is 8.26. The number of hydrogen-bond acceptors (Lipinski definition) is 1. The van der Waals surface area contributed by atoms with Gasteiger partial charge in [-0.2, -0.15) is 0 Å². The lowest BCUT2D eigenvalue weighted by Crippen LogP contribution is -2.74. The summed E-state index contributed by atoms with van der Waals surface area (Å²) in [5.41, 5.74) is 10.7. The lowest BCUT2D eigenvalue weighted by molar-refractivity contribution is 0.729. The minimum absolute atomic E-state index is 0.502. The first-order valence-electron chi connectivity index (χ1n) is 18.5. The molecule has 0 N–H and O–H groups in total. The second-order valence-corrected chi connectivity index (χ2v) is 18.1. The molecule has 0 atom stereocenters. The largest absolute Gasteiger partial charge is 0.310 e. The van der Waals surface area contributed by atoms with Gasteiger partial charge in [0.25, 0.3) is 0 Å². The third kappa shape index (κ3) is 5.21. The Bertz CT molecular complexity index is 2300. The van der Waals surface area contributed by atoms with Crippen LogP contribution in [0.15, 0.2) is 212 Å². The topological polar surface area (TPSA) is 3.24 Å². The Labute approximate surface area is 314 Å². The zero-order chi connectivity index (χ0) is 35.8. The number of aryl methyl sites for hydroxylation is 2. The first-order chi connectivity index (χ1) is 26.1. The van der Waals surface area contributed by atoms with Crippen LogP contribution in [0.25, 0.3) is 0 Å². The van der Waals surface area contributed by atoms with Gasteiger partial charge in [0.15, 0.2) is 8.07 Å². The van der Waals surface area contributed by atoms with Crippen molar-refractivity contribution < 1.29 is 0 Å². The molecule has 1 aliphatic rings. The molecule has 254 valence electrons. The molecule has 9 rings (SSSR count). The van der Waals surface area contributed by atoms with E-state index in [2.05, 4.69) is 231 Å². The summed E-state index contributed by atoms with van der Waals surface area (Å²) < 4.78 is 0. The second-order valence-electron chi connectivity index (χ2n) is 14.3. The van der Waals surface area contributed by atoms with Crippen LogP contribution in [0.4, 0.5) is 17.1 Å². The van der Waals surface area contributed by atoms with Crippen molar-refractivity contribution in [2.24, 2.45) is 0 Å². The van der Waals surface area contributed by atoms with Gasteiger partial charge in [-0.05, 0) is 81.1 Å². The fraction of sp³-hybridized carbons (Fsp3) is 0.0588. The predicted molar refractivity (Wildman–Crippen MR) is 226 cm³/mol. The van der Waals surface area contributed by atoms with E-state index in [1.165, 1.54) is 65.5 Å². The molecule has 0 fully saturated rings. The smallest absolute Gasteiger partial charge is 0.179 e. The number of benzene rings is 8. The zero-order valence-electron chi connectivity index (χ0n) is 30.2. The quantitative estimate of drug-likeness (QED) is 0.119. The van der Waals surface area contributed by atoms with E-state index in [0.717, 1.165) is 5.69 Å². The van der Waals surface area contributed by atoms with Crippen molar-refractivity contribution in [1.82, 2.24) is 0 Å². The third-order valence-corrected chi connectivity index (χ3v) is 16.0. The summed E-state index contributed by atoms with van der Waals surface area (Å²) in [7, 11) is -2.66. The molecular weight excluding hydrogens is 655 g/mol. The molecule has 0 saturated carbocycles. The van der Waals surface area contributed by atoms with Crippen LogP contribution in [0.1, 0.15) is 33.4 Å². The minimum Gasteiger partial charge on any atom is -0.310 e. The summed E-state index contributed by atoms with van der Waals surface area (Å²) in [4.78, 5) is 2.49. The Morgan fingerprint density at radius 1 is 0.358 bits per heavy atom. The van der Waals surface area contributed by atoms with E-state index in [0.29, 0.717) is 0 Å². The Hall–Kier alpha value is -6.22. The van der Waals surface area contributed by atoms with Crippen LogP contribution < -0.4 is 25.6 Å². The molecule has 53 heavy (non-hydrogen) atoms. The maximum Gasteiger partial charge on any atom is 0.179 e. The Balaban J connectivity index is 1.30. The van der Waals surface area contributed by atoms with Gasteiger partial charge in [0.2, 0.25) is 0 Å². The van der Waals surface area contributed by atoms with Gasteiger partial charge in [-0.15, -0.1) is 0 Å². The van der Waals surface area contributed by atoms with E-state index in [9.17, 15) is 0 Å². The van der Waals surface area contributed by atoms with Crippen molar-refractivity contribution in [3.8, 4) is 0 Å². The van der Waals surface area contributed by atoms with Crippen LogP contribution in [-0.2, 0) is 5.41 Å². The van der Waals surface area contributed by atoms with Gasteiger partial charge in [0, 0.05) is 5.69 Å². The Morgan fingerprint density at radius 3 is 1.08 bits per heavy atom. The van der Waals surface area contributed by atoms with Crippen LogP contribution in [0.5, 0.6) is 0 Å². The molecule has 0 spiro atoms.